The predicted octanol–water partition coefficient (Wildman–Crippen LogP) is 2.83. The third kappa shape index (κ3) is 1.39. The first-order valence-electron chi connectivity index (χ1n) is 3.84. The highest BCUT2D eigenvalue weighted by molar-refractivity contribution is 9.10. The van der Waals surface area contributed by atoms with Crippen molar-refractivity contribution in [3.8, 4) is 11.1 Å². The average Bonchev–Trinajstić information content (AvgIpc) is 2.52. The maximum Gasteiger partial charge on any atom is 0.230 e. The van der Waals surface area contributed by atoms with Gasteiger partial charge >= 0.3 is 0 Å². The Morgan fingerprint density at radius 2 is 2.21 bits per heavy atom. The molecule has 5 heteroatoms. The maximum absolute atomic E-state index is 13.4. The molecular weight excluding hydrogens is 251 g/mol. The molecule has 1 aromatic heterocycles. The van der Waals surface area contributed by atoms with Gasteiger partial charge in [0, 0.05) is 10.0 Å². The molecule has 2 aromatic rings. The van der Waals surface area contributed by atoms with Gasteiger partial charge in [-0.25, -0.2) is 4.39 Å². The van der Waals surface area contributed by atoms with Crippen LogP contribution < -0.4 is 5.73 Å². The Bertz CT molecular complexity index is 449. The average molecular weight is 257 g/mol. The molecule has 0 aliphatic rings. The number of aromatic nitrogens is 1. The van der Waals surface area contributed by atoms with E-state index in [0.29, 0.717) is 15.6 Å². The first-order chi connectivity index (χ1) is 6.70. The zero-order valence-corrected chi connectivity index (χ0v) is 8.58. The first-order valence-corrected chi connectivity index (χ1v) is 4.64. The van der Waals surface area contributed by atoms with E-state index in [1.54, 1.807) is 12.1 Å². The topological polar surface area (TPSA) is 52.0 Å². The van der Waals surface area contributed by atoms with Crippen LogP contribution in [0.3, 0.4) is 0 Å². The molecule has 0 atom stereocenters. The van der Waals surface area contributed by atoms with Gasteiger partial charge in [-0.15, -0.1) is 0 Å². The number of nitrogens with zero attached hydrogens (tertiary/aromatic N) is 1. The minimum Gasteiger partial charge on any atom is -0.367 e. The lowest BCUT2D eigenvalue weighted by Gasteiger charge is -2.02. The Labute approximate surface area is 87.8 Å². The van der Waals surface area contributed by atoms with Crippen molar-refractivity contribution < 1.29 is 8.91 Å². The highest BCUT2D eigenvalue weighted by Crippen LogP contribution is 2.33. The van der Waals surface area contributed by atoms with Crippen LogP contribution >= 0.6 is 15.9 Å². The van der Waals surface area contributed by atoms with Crippen molar-refractivity contribution in [1.29, 1.82) is 0 Å². The lowest BCUT2D eigenvalue weighted by Crippen LogP contribution is -1.89. The van der Waals surface area contributed by atoms with Crippen LogP contribution in [0.15, 0.2) is 33.4 Å². The summed E-state index contributed by atoms with van der Waals surface area (Å²) >= 11 is 3.24. The van der Waals surface area contributed by atoms with Gasteiger partial charge in [-0.2, -0.15) is 0 Å². The number of nitrogens with two attached hydrogens (primary N) is 1. The number of anilines is 1. The van der Waals surface area contributed by atoms with E-state index in [1.807, 2.05) is 0 Å². The third-order valence-corrected chi connectivity index (χ3v) is 2.49. The zero-order chi connectivity index (χ0) is 10.1. The van der Waals surface area contributed by atoms with Crippen LogP contribution in [0, 0.1) is 5.82 Å². The molecule has 2 N–H and O–H groups in total. The molecule has 0 aliphatic heterocycles. The summed E-state index contributed by atoms with van der Waals surface area (Å²) in [7, 11) is 0. The van der Waals surface area contributed by atoms with Crippen molar-refractivity contribution in [2.24, 2.45) is 0 Å². The van der Waals surface area contributed by atoms with E-state index in [4.69, 9.17) is 5.73 Å². The smallest absolute Gasteiger partial charge is 0.230 e. The Kier molecular flexibility index (Phi) is 2.25. The molecule has 0 radical (unpaired) electrons. The standard InChI is InChI=1S/C9H6BrFN2O/c10-6-2-1-3-7(11)8(6)5-4-13-14-9(5)12/h1-4H,12H2. The van der Waals surface area contributed by atoms with Gasteiger partial charge in [0.2, 0.25) is 5.88 Å². The van der Waals surface area contributed by atoms with Crippen LogP contribution in [-0.2, 0) is 0 Å². The number of halogens is 2. The van der Waals surface area contributed by atoms with Crippen molar-refractivity contribution in [3.05, 3.63) is 34.7 Å². The zero-order valence-electron chi connectivity index (χ0n) is 7.00. The molecule has 0 fully saturated rings. The summed E-state index contributed by atoms with van der Waals surface area (Å²) in [6.45, 7) is 0. The summed E-state index contributed by atoms with van der Waals surface area (Å²) in [5.74, 6) is -0.259. The van der Waals surface area contributed by atoms with Gasteiger partial charge < -0.3 is 10.3 Å². The highest BCUT2D eigenvalue weighted by Gasteiger charge is 2.14. The molecule has 0 bridgehead atoms. The normalized spacial score (nSPS) is 10.4. The number of hydrogen-bond acceptors (Lipinski definition) is 3. The lowest BCUT2D eigenvalue weighted by molar-refractivity contribution is 0.436. The van der Waals surface area contributed by atoms with E-state index in [2.05, 4.69) is 25.6 Å². The van der Waals surface area contributed by atoms with Crippen molar-refractivity contribution >= 4 is 21.8 Å². The fourth-order valence-electron chi connectivity index (χ4n) is 1.19. The molecule has 14 heavy (non-hydrogen) atoms. The Morgan fingerprint density at radius 3 is 2.79 bits per heavy atom. The van der Waals surface area contributed by atoms with E-state index in [1.165, 1.54) is 12.3 Å². The van der Waals surface area contributed by atoms with Crippen LogP contribution in [0.25, 0.3) is 11.1 Å². The monoisotopic (exact) mass is 256 g/mol. The summed E-state index contributed by atoms with van der Waals surface area (Å²) in [5.41, 5.74) is 6.31. The summed E-state index contributed by atoms with van der Waals surface area (Å²) in [4.78, 5) is 0. The van der Waals surface area contributed by atoms with Gasteiger partial charge in [-0.3, -0.25) is 0 Å². The summed E-state index contributed by atoms with van der Waals surface area (Å²) in [6, 6.07) is 4.68. The van der Waals surface area contributed by atoms with Gasteiger partial charge in [0.25, 0.3) is 0 Å². The van der Waals surface area contributed by atoms with Gasteiger partial charge in [0.05, 0.1) is 11.8 Å². The molecule has 72 valence electrons. The van der Waals surface area contributed by atoms with Crippen molar-refractivity contribution in [2.75, 3.05) is 5.73 Å². The van der Waals surface area contributed by atoms with Crippen LogP contribution in [0.2, 0.25) is 0 Å². The van der Waals surface area contributed by atoms with Gasteiger partial charge in [-0.1, -0.05) is 27.2 Å². The molecule has 0 saturated carbocycles. The van der Waals surface area contributed by atoms with E-state index in [9.17, 15) is 4.39 Å². The number of benzene rings is 1. The number of rotatable bonds is 1. The van der Waals surface area contributed by atoms with E-state index < -0.39 is 0 Å². The third-order valence-electron chi connectivity index (χ3n) is 1.83. The summed E-state index contributed by atoms with van der Waals surface area (Å²) in [6.07, 6.45) is 1.39. The summed E-state index contributed by atoms with van der Waals surface area (Å²) < 4.78 is 18.7. The minimum atomic E-state index is -0.366. The fraction of sp³-hybridized carbons (Fsp3) is 0. The second-order valence-electron chi connectivity index (χ2n) is 2.70. The highest BCUT2D eigenvalue weighted by atomic mass is 79.9. The van der Waals surface area contributed by atoms with Gasteiger partial charge in [0.1, 0.15) is 5.82 Å². The van der Waals surface area contributed by atoms with E-state index in [0.717, 1.165) is 0 Å². The molecule has 1 heterocycles. The number of hydrogen-bond donors (Lipinski definition) is 1. The Morgan fingerprint density at radius 1 is 1.43 bits per heavy atom. The summed E-state index contributed by atoms with van der Waals surface area (Å²) in [5, 5.41) is 3.49. The molecule has 1 aromatic carbocycles. The molecular formula is C9H6BrFN2O. The van der Waals surface area contributed by atoms with E-state index in [-0.39, 0.29) is 11.7 Å². The number of nitrogen functional groups attached to an aromatic ring is 1. The van der Waals surface area contributed by atoms with E-state index >= 15 is 0 Å². The molecule has 0 unspecified atom stereocenters. The molecule has 2 rings (SSSR count). The molecule has 0 amide bonds. The second kappa shape index (κ2) is 3.42. The largest absolute Gasteiger partial charge is 0.367 e. The van der Waals surface area contributed by atoms with Crippen LogP contribution in [0.4, 0.5) is 10.3 Å². The second-order valence-corrected chi connectivity index (χ2v) is 3.55. The molecule has 3 nitrogen and oxygen atoms in total. The van der Waals surface area contributed by atoms with Crippen molar-refractivity contribution in [3.63, 3.8) is 0 Å². The minimum absolute atomic E-state index is 0.107. The Hall–Kier alpha value is -1.36. The van der Waals surface area contributed by atoms with Crippen molar-refractivity contribution in [2.45, 2.75) is 0 Å². The molecule has 0 spiro atoms. The molecule has 0 aliphatic carbocycles. The predicted molar refractivity (Wildman–Crippen MR) is 54.0 cm³/mol. The SMILES string of the molecule is Nc1oncc1-c1c(F)cccc1Br. The van der Waals surface area contributed by atoms with Crippen LogP contribution in [0.5, 0.6) is 0 Å². The fourth-order valence-corrected chi connectivity index (χ4v) is 1.75. The van der Waals surface area contributed by atoms with Gasteiger partial charge in [-0.05, 0) is 12.1 Å². The first kappa shape index (κ1) is 9.21. The van der Waals surface area contributed by atoms with Crippen LogP contribution in [-0.4, -0.2) is 5.16 Å². The van der Waals surface area contributed by atoms with Crippen LogP contribution in [0.1, 0.15) is 0 Å². The lowest BCUT2D eigenvalue weighted by atomic mass is 10.1. The Balaban J connectivity index is 2.68. The van der Waals surface area contributed by atoms with Gasteiger partial charge in [0.15, 0.2) is 0 Å². The maximum atomic E-state index is 13.4. The van der Waals surface area contributed by atoms with Crippen molar-refractivity contribution in [1.82, 2.24) is 5.16 Å². The quantitative estimate of drug-likeness (QED) is 0.854. The molecule has 0 saturated heterocycles.